The molecule has 0 heterocycles. The molecule has 3 aromatic carbocycles. The van der Waals surface area contributed by atoms with Gasteiger partial charge in [-0.15, -0.1) is 0 Å². The number of nitrogens with one attached hydrogen (secondary N) is 1. The molecule has 0 aliphatic heterocycles. The molecule has 1 radical (unpaired) electrons. The molecular formula is C21H16NO3. The van der Waals surface area contributed by atoms with Gasteiger partial charge in [-0.3, -0.25) is 4.79 Å². The van der Waals surface area contributed by atoms with Crippen molar-refractivity contribution in [1.29, 1.82) is 0 Å². The summed E-state index contributed by atoms with van der Waals surface area (Å²) in [7, 11) is 1.32. The summed E-state index contributed by atoms with van der Waals surface area (Å²) in [5.41, 5.74) is 3.73. The molecule has 0 fully saturated rings. The zero-order chi connectivity index (χ0) is 17.6. The molecule has 0 unspecified atom stereocenters. The van der Waals surface area contributed by atoms with E-state index in [2.05, 4.69) is 16.1 Å². The van der Waals surface area contributed by atoms with Gasteiger partial charge in [-0.05, 0) is 53.6 Å². The van der Waals surface area contributed by atoms with Crippen LogP contribution in [0.2, 0.25) is 0 Å². The van der Waals surface area contributed by atoms with Crippen LogP contribution >= 0.6 is 0 Å². The maximum absolute atomic E-state index is 12.3. The molecule has 1 N–H and O–H groups in total. The van der Waals surface area contributed by atoms with E-state index in [4.69, 9.17) is 0 Å². The molecule has 0 saturated heterocycles. The molecule has 3 aromatic rings. The number of benzene rings is 3. The third-order valence-electron chi connectivity index (χ3n) is 3.76. The molecule has 0 aliphatic carbocycles. The maximum atomic E-state index is 12.3. The van der Waals surface area contributed by atoms with Crippen molar-refractivity contribution in [3.05, 3.63) is 90.0 Å². The van der Waals surface area contributed by atoms with Gasteiger partial charge in [0.05, 0.1) is 12.7 Å². The fraction of sp³-hybridized carbons (Fsp3) is 0.0476. The van der Waals surface area contributed by atoms with Crippen molar-refractivity contribution < 1.29 is 14.3 Å². The second-order valence-corrected chi connectivity index (χ2v) is 5.39. The molecule has 4 nitrogen and oxygen atoms in total. The van der Waals surface area contributed by atoms with E-state index in [-0.39, 0.29) is 5.91 Å². The minimum Gasteiger partial charge on any atom is -0.465 e. The Labute approximate surface area is 146 Å². The van der Waals surface area contributed by atoms with E-state index in [1.165, 1.54) is 7.11 Å². The maximum Gasteiger partial charge on any atom is 0.337 e. The summed E-state index contributed by atoms with van der Waals surface area (Å²) >= 11 is 0. The number of anilines is 1. The van der Waals surface area contributed by atoms with Crippen LogP contribution in [0.4, 0.5) is 5.69 Å². The number of carbonyl (C=O) groups excluding carboxylic acids is 2. The van der Waals surface area contributed by atoms with Crippen LogP contribution in [0.15, 0.2) is 72.8 Å². The standard InChI is InChI=1S/C21H16NO3/c1-25-21(24)18-9-7-17(8-10-18)20(23)22-19-13-11-16(12-14-19)15-5-3-2-4-6-15/h3-14H,1H3,(H,22,23). The second-order valence-electron chi connectivity index (χ2n) is 5.39. The highest BCUT2D eigenvalue weighted by atomic mass is 16.5. The van der Waals surface area contributed by atoms with Crippen LogP contribution in [0.1, 0.15) is 20.7 Å². The lowest BCUT2D eigenvalue weighted by atomic mass is 10.1. The summed E-state index contributed by atoms with van der Waals surface area (Å²) in [6, 6.07) is 24.6. The molecule has 0 bridgehead atoms. The summed E-state index contributed by atoms with van der Waals surface area (Å²) < 4.78 is 4.64. The number of hydrogen-bond donors (Lipinski definition) is 1. The van der Waals surface area contributed by atoms with E-state index in [0.29, 0.717) is 16.8 Å². The fourth-order valence-electron chi connectivity index (χ4n) is 2.40. The third-order valence-corrected chi connectivity index (χ3v) is 3.76. The highest BCUT2D eigenvalue weighted by Crippen LogP contribution is 2.21. The van der Waals surface area contributed by atoms with Gasteiger partial charge in [-0.25, -0.2) is 4.79 Å². The van der Waals surface area contributed by atoms with Crippen molar-refractivity contribution in [2.24, 2.45) is 0 Å². The van der Waals surface area contributed by atoms with Gasteiger partial charge in [0.1, 0.15) is 0 Å². The number of esters is 1. The zero-order valence-electron chi connectivity index (χ0n) is 13.7. The first-order valence-electron chi connectivity index (χ1n) is 7.73. The van der Waals surface area contributed by atoms with Crippen LogP contribution in [0.3, 0.4) is 0 Å². The van der Waals surface area contributed by atoms with E-state index in [0.717, 1.165) is 11.1 Å². The molecular weight excluding hydrogens is 314 g/mol. The molecule has 0 saturated carbocycles. The Bertz CT molecular complexity index is 869. The molecule has 1 amide bonds. The normalized spacial score (nSPS) is 10.1. The van der Waals surface area contributed by atoms with Gasteiger partial charge in [0, 0.05) is 11.3 Å². The first-order chi connectivity index (χ1) is 12.2. The number of carbonyl (C=O) groups is 2. The SMILES string of the molecule is COC(=O)c1ccc(C(=O)Nc2ccc(-c3cc[c]cc3)cc2)cc1. The molecule has 0 atom stereocenters. The van der Waals surface area contributed by atoms with E-state index in [1.54, 1.807) is 24.3 Å². The minimum absolute atomic E-state index is 0.238. The van der Waals surface area contributed by atoms with Gasteiger partial charge in [-0.2, -0.15) is 0 Å². The number of amides is 1. The lowest BCUT2D eigenvalue weighted by Gasteiger charge is -2.07. The minimum atomic E-state index is -0.430. The molecule has 0 aromatic heterocycles. The van der Waals surface area contributed by atoms with Gasteiger partial charge in [0.15, 0.2) is 0 Å². The Morgan fingerprint density at radius 1 is 0.800 bits per heavy atom. The first-order valence-corrected chi connectivity index (χ1v) is 7.73. The summed E-state index contributed by atoms with van der Waals surface area (Å²) in [6.07, 6.45) is 0. The Hall–Kier alpha value is -3.40. The van der Waals surface area contributed by atoms with E-state index < -0.39 is 5.97 Å². The predicted molar refractivity (Wildman–Crippen MR) is 96.4 cm³/mol. The van der Waals surface area contributed by atoms with Crippen LogP contribution in [0.5, 0.6) is 0 Å². The van der Waals surface area contributed by atoms with Gasteiger partial charge < -0.3 is 10.1 Å². The smallest absolute Gasteiger partial charge is 0.337 e. The Balaban J connectivity index is 1.69. The Kier molecular flexibility index (Phi) is 4.90. The van der Waals surface area contributed by atoms with Crippen molar-refractivity contribution in [2.45, 2.75) is 0 Å². The number of rotatable bonds is 4. The van der Waals surface area contributed by atoms with Crippen molar-refractivity contribution in [3.8, 4) is 11.1 Å². The molecule has 4 heteroatoms. The zero-order valence-corrected chi connectivity index (χ0v) is 13.7. The van der Waals surface area contributed by atoms with Crippen LogP contribution in [0.25, 0.3) is 11.1 Å². The van der Waals surface area contributed by atoms with Crippen molar-refractivity contribution in [1.82, 2.24) is 0 Å². The summed E-state index contributed by atoms with van der Waals surface area (Å²) in [5.74, 6) is -0.667. The first kappa shape index (κ1) is 16.5. The van der Waals surface area contributed by atoms with Crippen LogP contribution in [-0.2, 0) is 4.74 Å². The summed E-state index contributed by atoms with van der Waals surface area (Å²) in [6.45, 7) is 0. The van der Waals surface area contributed by atoms with Crippen molar-refractivity contribution >= 4 is 17.6 Å². The van der Waals surface area contributed by atoms with E-state index >= 15 is 0 Å². The number of methoxy groups -OCH3 is 1. The lowest BCUT2D eigenvalue weighted by molar-refractivity contribution is 0.0600. The number of hydrogen-bond acceptors (Lipinski definition) is 3. The van der Waals surface area contributed by atoms with Crippen LogP contribution in [0, 0.1) is 6.07 Å². The Morgan fingerprint density at radius 2 is 1.36 bits per heavy atom. The van der Waals surface area contributed by atoms with Gasteiger partial charge in [0.25, 0.3) is 5.91 Å². The Morgan fingerprint density at radius 3 is 1.96 bits per heavy atom. The van der Waals surface area contributed by atoms with Crippen LogP contribution in [-0.4, -0.2) is 19.0 Å². The summed E-state index contributed by atoms with van der Waals surface area (Å²) in [4.78, 5) is 23.7. The van der Waals surface area contributed by atoms with Crippen molar-refractivity contribution in [3.63, 3.8) is 0 Å². The number of ether oxygens (including phenoxy) is 1. The largest absolute Gasteiger partial charge is 0.465 e. The highest BCUT2D eigenvalue weighted by Gasteiger charge is 2.09. The lowest BCUT2D eigenvalue weighted by Crippen LogP contribution is -2.12. The molecule has 0 aliphatic rings. The topological polar surface area (TPSA) is 55.4 Å². The van der Waals surface area contributed by atoms with Gasteiger partial charge in [-0.1, -0.05) is 36.4 Å². The highest BCUT2D eigenvalue weighted by molar-refractivity contribution is 6.04. The molecule has 0 spiro atoms. The van der Waals surface area contributed by atoms with Gasteiger partial charge in [0.2, 0.25) is 0 Å². The average Bonchev–Trinajstić information content (AvgIpc) is 2.68. The second kappa shape index (κ2) is 7.45. The molecule has 123 valence electrons. The molecule has 3 rings (SSSR count). The fourth-order valence-corrected chi connectivity index (χ4v) is 2.40. The summed E-state index contributed by atoms with van der Waals surface area (Å²) in [5, 5.41) is 2.84. The van der Waals surface area contributed by atoms with E-state index in [1.807, 2.05) is 48.5 Å². The molecule has 25 heavy (non-hydrogen) atoms. The van der Waals surface area contributed by atoms with Crippen molar-refractivity contribution in [2.75, 3.05) is 12.4 Å². The third kappa shape index (κ3) is 3.93. The van der Waals surface area contributed by atoms with E-state index in [9.17, 15) is 9.59 Å². The quantitative estimate of drug-likeness (QED) is 0.730. The average molecular weight is 330 g/mol. The van der Waals surface area contributed by atoms with Crippen LogP contribution < -0.4 is 5.32 Å². The van der Waals surface area contributed by atoms with Gasteiger partial charge >= 0.3 is 5.97 Å². The predicted octanol–water partition coefficient (Wildman–Crippen LogP) is 4.19. The monoisotopic (exact) mass is 330 g/mol.